The molecule has 1 aliphatic rings. The first kappa shape index (κ1) is 18.1. The molecule has 0 saturated carbocycles. The molecule has 3 aromatic rings. The number of nitrogens with zero attached hydrogens (tertiary/aromatic N) is 1. The molecule has 28 heavy (non-hydrogen) atoms. The minimum atomic E-state index is -0.393. The van der Waals surface area contributed by atoms with Crippen molar-refractivity contribution in [3.63, 3.8) is 0 Å². The molecule has 6 nitrogen and oxygen atoms in total. The van der Waals surface area contributed by atoms with Crippen LogP contribution in [0.3, 0.4) is 0 Å². The number of fused-ring (bicyclic) bond motifs is 1. The zero-order valence-electron chi connectivity index (χ0n) is 15.5. The van der Waals surface area contributed by atoms with E-state index >= 15 is 0 Å². The number of carbonyl (C=O) groups is 1. The van der Waals surface area contributed by atoms with E-state index in [1.807, 2.05) is 30.3 Å². The van der Waals surface area contributed by atoms with Gasteiger partial charge in [0.1, 0.15) is 11.9 Å². The number of aromatic hydroxyl groups is 2. The first-order chi connectivity index (χ1) is 13.6. The number of phenols is 2. The highest BCUT2D eigenvalue weighted by atomic mass is 16.5. The van der Waals surface area contributed by atoms with Crippen molar-refractivity contribution in [3.05, 3.63) is 65.7 Å². The molecule has 3 aromatic carbocycles. The molecule has 0 aromatic heterocycles. The predicted octanol–water partition coefficient (Wildman–Crippen LogP) is 3.47. The third-order valence-electron chi connectivity index (χ3n) is 5.04. The van der Waals surface area contributed by atoms with Gasteiger partial charge in [-0.25, -0.2) is 0 Å². The lowest BCUT2D eigenvalue weighted by molar-refractivity contribution is -0.0228. The minimum Gasteiger partial charge on any atom is -0.504 e. The number of rotatable bonds is 3. The topological polar surface area (TPSA) is 79.2 Å². The highest BCUT2D eigenvalue weighted by Gasteiger charge is 2.28. The van der Waals surface area contributed by atoms with Crippen LogP contribution in [-0.2, 0) is 4.74 Å². The van der Waals surface area contributed by atoms with Gasteiger partial charge in [-0.3, -0.25) is 4.79 Å². The highest BCUT2D eigenvalue weighted by Crippen LogP contribution is 2.32. The molecule has 0 aliphatic carbocycles. The van der Waals surface area contributed by atoms with Crippen molar-refractivity contribution in [2.45, 2.75) is 6.10 Å². The largest absolute Gasteiger partial charge is 0.504 e. The molecule has 1 aliphatic heterocycles. The maximum absolute atomic E-state index is 12.8. The van der Waals surface area contributed by atoms with Crippen molar-refractivity contribution in [1.29, 1.82) is 0 Å². The van der Waals surface area contributed by atoms with Crippen molar-refractivity contribution >= 4 is 16.7 Å². The van der Waals surface area contributed by atoms with E-state index in [0.29, 0.717) is 19.7 Å². The summed E-state index contributed by atoms with van der Waals surface area (Å²) in [5.74, 6) is -0.222. The third kappa shape index (κ3) is 3.34. The SMILES string of the molecule is COc1ccc2cc(C3CN(C(=O)c4cccc(O)c4O)CCO3)ccc2c1. The monoisotopic (exact) mass is 379 g/mol. The lowest BCUT2D eigenvalue weighted by Gasteiger charge is -2.33. The van der Waals surface area contributed by atoms with Crippen LogP contribution < -0.4 is 4.74 Å². The fourth-order valence-corrected chi connectivity index (χ4v) is 3.48. The Balaban J connectivity index is 1.57. The van der Waals surface area contributed by atoms with Gasteiger partial charge < -0.3 is 24.6 Å². The van der Waals surface area contributed by atoms with Gasteiger partial charge in [0.2, 0.25) is 0 Å². The van der Waals surface area contributed by atoms with Gasteiger partial charge in [-0.1, -0.05) is 24.3 Å². The van der Waals surface area contributed by atoms with E-state index in [1.54, 1.807) is 12.0 Å². The summed E-state index contributed by atoms with van der Waals surface area (Å²) in [6, 6.07) is 16.3. The zero-order valence-corrected chi connectivity index (χ0v) is 15.5. The standard InChI is InChI=1S/C22H21NO5/c1-27-17-8-7-14-11-16(6-5-15(14)12-17)20-13-23(9-10-28-20)22(26)18-3-2-4-19(24)21(18)25/h2-8,11-12,20,24-25H,9-10,13H2,1H3. The van der Waals surface area contributed by atoms with Crippen LogP contribution in [0.5, 0.6) is 17.2 Å². The van der Waals surface area contributed by atoms with Gasteiger partial charge in [-0.2, -0.15) is 0 Å². The quantitative estimate of drug-likeness (QED) is 0.681. The summed E-state index contributed by atoms with van der Waals surface area (Å²) in [5, 5.41) is 21.8. The molecule has 1 amide bonds. The van der Waals surface area contributed by atoms with Crippen LogP contribution in [0, 0.1) is 0 Å². The maximum atomic E-state index is 12.8. The van der Waals surface area contributed by atoms with Gasteiger partial charge in [0.15, 0.2) is 11.5 Å². The Labute approximate surface area is 162 Å². The second-order valence-electron chi connectivity index (χ2n) is 6.76. The van der Waals surface area contributed by atoms with Crippen LogP contribution in [-0.4, -0.2) is 47.8 Å². The van der Waals surface area contributed by atoms with Gasteiger partial charge in [0.25, 0.3) is 5.91 Å². The van der Waals surface area contributed by atoms with Crippen LogP contribution in [0.25, 0.3) is 10.8 Å². The number of benzene rings is 3. The highest BCUT2D eigenvalue weighted by molar-refractivity contribution is 5.97. The lowest BCUT2D eigenvalue weighted by Crippen LogP contribution is -2.42. The Morgan fingerprint density at radius 1 is 1.11 bits per heavy atom. The van der Waals surface area contributed by atoms with Gasteiger partial charge in [0, 0.05) is 6.54 Å². The lowest BCUT2D eigenvalue weighted by atomic mass is 10.0. The molecule has 4 rings (SSSR count). The van der Waals surface area contributed by atoms with Crippen LogP contribution in [0.15, 0.2) is 54.6 Å². The number of hydrogen-bond donors (Lipinski definition) is 2. The summed E-state index contributed by atoms with van der Waals surface area (Å²) in [6.45, 7) is 1.20. The molecule has 1 unspecified atom stereocenters. The summed E-state index contributed by atoms with van der Waals surface area (Å²) in [5.41, 5.74) is 1.07. The normalized spacial score (nSPS) is 16.9. The molecule has 1 fully saturated rings. The number of hydrogen-bond acceptors (Lipinski definition) is 5. The van der Waals surface area contributed by atoms with Gasteiger partial charge >= 0.3 is 0 Å². The number of phenolic OH excluding ortho intramolecular Hbond substituents is 2. The summed E-state index contributed by atoms with van der Waals surface area (Å²) in [7, 11) is 1.64. The summed E-state index contributed by atoms with van der Waals surface area (Å²) in [4.78, 5) is 14.5. The second-order valence-corrected chi connectivity index (χ2v) is 6.76. The Bertz CT molecular complexity index is 1030. The number of carbonyl (C=O) groups excluding carboxylic acids is 1. The molecule has 1 saturated heterocycles. The Hall–Kier alpha value is -3.25. The fourth-order valence-electron chi connectivity index (χ4n) is 3.48. The van der Waals surface area contributed by atoms with Gasteiger partial charge in [0.05, 0.1) is 25.8 Å². The van der Waals surface area contributed by atoms with E-state index in [0.717, 1.165) is 22.1 Å². The third-order valence-corrected chi connectivity index (χ3v) is 5.04. The number of amides is 1. The Morgan fingerprint density at radius 3 is 2.71 bits per heavy atom. The number of methoxy groups -OCH3 is 1. The van der Waals surface area contributed by atoms with Crippen molar-refractivity contribution in [2.24, 2.45) is 0 Å². The molecule has 1 atom stereocenters. The number of morpholine rings is 1. The molecule has 144 valence electrons. The molecule has 0 bridgehead atoms. The summed E-state index contributed by atoms with van der Waals surface area (Å²) >= 11 is 0. The maximum Gasteiger partial charge on any atom is 0.257 e. The van der Waals surface area contributed by atoms with Crippen molar-refractivity contribution in [2.75, 3.05) is 26.8 Å². The molecular formula is C22H21NO5. The molecule has 2 N–H and O–H groups in total. The smallest absolute Gasteiger partial charge is 0.257 e. The molecule has 6 heteroatoms. The Kier molecular flexibility index (Phi) is 4.79. The van der Waals surface area contributed by atoms with Gasteiger partial charge in [-0.15, -0.1) is 0 Å². The molecule has 1 heterocycles. The van der Waals surface area contributed by atoms with E-state index in [9.17, 15) is 15.0 Å². The van der Waals surface area contributed by atoms with E-state index < -0.39 is 5.75 Å². The van der Waals surface area contributed by atoms with Crippen molar-refractivity contribution in [3.8, 4) is 17.2 Å². The Morgan fingerprint density at radius 2 is 1.89 bits per heavy atom. The summed E-state index contributed by atoms with van der Waals surface area (Å²) < 4.78 is 11.2. The number of ether oxygens (including phenoxy) is 2. The second kappa shape index (κ2) is 7.40. The molecule has 0 spiro atoms. The molecular weight excluding hydrogens is 358 g/mol. The van der Waals surface area contributed by atoms with E-state index in [1.165, 1.54) is 18.2 Å². The average Bonchev–Trinajstić information content (AvgIpc) is 2.74. The first-order valence-electron chi connectivity index (χ1n) is 9.06. The van der Waals surface area contributed by atoms with Crippen LogP contribution in [0.4, 0.5) is 0 Å². The summed E-state index contributed by atoms with van der Waals surface area (Å²) in [6.07, 6.45) is -0.261. The predicted molar refractivity (Wildman–Crippen MR) is 105 cm³/mol. The van der Waals surface area contributed by atoms with Gasteiger partial charge in [-0.05, 0) is 46.7 Å². The van der Waals surface area contributed by atoms with E-state index in [4.69, 9.17) is 9.47 Å². The van der Waals surface area contributed by atoms with Crippen LogP contribution in [0.1, 0.15) is 22.0 Å². The number of para-hydroxylation sites is 1. The fraction of sp³-hybridized carbons (Fsp3) is 0.227. The first-order valence-corrected chi connectivity index (χ1v) is 9.06. The minimum absolute atomic E-state index is 0.0891. The van der Waals surface area contributed by atoms with Crippen molar-refractivity contribution in [1.82, 2.24) is 4.90 Å². The van der Waals surface area contributed by atoms with Crippen LogP contribution >= 0.6 is 0 Å². The molecule has 0 radical (unpaired) electrons. The zero-order chi connectivity index (χ0) is 19.7. The average molecular weight is 379 g/mol. The van der Waals surface area contributed by atoms with Crippen molar-refractivity contribution < 1.29 is 24.5 Å². The van der Waals surface area contributed by atoms with E-state index in [2.05, 4.69) is 6.07 Å². The van der Waals surface area contributed by atoms with E-state index in [-0.39, 0.29) is 23.3 Å². The van der Waals surface area contributed by atoms with Crippen LogP contribution in [0.2, 0.25) is 0 Å².